The molecule has 0 fully saturated rings. The van der Waals surface area contributed by atoms with Gasteiger partial charge < -0.3 is 4.79 Å². The predicted molar refractivity (Wildman–Crippen MR) is 54.9 cm³/mol. The summed E-state index contributed by atoms with van der Waals surface area (Å²) in [6.07, 6.45) is 3.56. The molecule has 0 heterocycles. The first-order valence-electron chi connectivity index (χ1n) is 4.80. The molecule has 1 aromatic rings. The van der Waals surface area contributed by atoms with E-state index in [0.717, 1.165) is 19.1 Å². The van der Waals surface area contributed by atoms with Crippen molar-refractivity contribution in [2.24, 2.45) is 0 Å². The van der Waals surface area contributed by atoms with Gasteiger partial charge in [-0.3, -0.25) is 0 Å². The van der Waals surface area contributed by atoms with Crippen LogP contribution in [-0.4, -0.2) is 6.29 Å². The molecule has 0 saturated heterocycles. The van der Waals surface area contributed by atoms with Crippen molar-refractivity contribution in [3.8, 4) is 0 Å². The lowest BCUT2D eigenvalue weighted by Crippen LogP contribution is -1.92. The van der Waals surface area contributed by atoms with Crippen LogP contribution < -0.4 is 0 Å². The second-order valence-electron chi connectivity index (χ2n) is 3.32. The summed E-state index contributed by atoms with van der Waals surface area (Å²) in [5, 5.41) is 0. The van der Waals surface area contributed by atoms with E-state index in [-0.39, 0.29) is 0 Å². The van der Waals surface area contributed by atoms with E-state index in [0.29, 0.717) is 6.42 Å². The van der Waals surface area contributed by atoms with E-state index in [9.17, 15) is 4.79 Å². The number of hydrogen-bond donors (Lipinski definition) is 0. The van der Waals surface area contributed by atoms with Gasteiger partial charge in [-0.15, -0.1) is 0 Å². The van der Waals surface area contributed by atoms with Gasteiger partial charge in [0.2, 0.25) is 0 Å². The van der Waals surface area contributed by atoms with Crippen LogP contribution in [0.25, 0.3) is 0 Å². The molecule has 0 N–H and O–H groups in total. The molecule has 0 spiro atoms. The topological polar surface area (TPSA) is 17.1 Å². The lowest BCUT2D eigenvalue weighted by atomic mass is 10.0. The fourth-order valence-corrected chi connectivity index (χ4v) is 1.43. The third-order valence-corrected chi connectivity index (χ3v) is 2.35. The van der Waals surface area contributed by atoms with E-state index in [2.05, 4.69) is 32.0 Å². The zero-order valence-electron chi connectivity index (χ0n) is 8.34. The standard InChI is InChI=1S/C12H16O/c1-3-11-7-6-10(2)12(9-11)5-4-8-13/h6-9H,3-5H2,1-2H3. The van der Waals surface area contributed by atoms with Crippen molar-refractivity contribution in [1.82, 2.24) is 0 Å². The molecular formula is C12H16O. The van der Waals surface area contributed by atoms with Crippen molar-refractivity contribution in [1.29, 1.82) is 0 Å². The summed E-state index contributed by atoms with van der Waals surface area (Å²) >= 11 is 0. The number of hydrogen-bond acceptors (Lipinski definition) is 1. The molecule has 70 valence electrons. The number of aryl methyl sites for hydroxylation is 3. The van der Waals surface area contributed by atoms with E-state index in [1.807, 2.05) is 0 Å². The molecule has 0 aliphatic heterocycles. The normalized spacial score (nSPS) is 10.0. The van der Waals surface area contributed by atoms with Crippen LogP contribution in [0.5, 0.6) is 0 Å². The van der Waals surface area contributed by atoms with Gasteiger partial charge in [-0.05, 0) is 36.5 Å². The fraction of sp³-hybridized carbons (Fsp3) is 0.417. The Balaban J connectivity index is 2.83. The van der Waals surface area contributed by atoms with Gasteiger partial charge in [-0.25, -0.2) is 0 Å². The molecule has 1 aromatic carbocycles. The van der Waals surface area contributed by atoms with Gasteiger partial charge >= 0.3 is 0 Å². The molecule has 0 aliphatic carbocycles. The molecule has 1 heteroatoms. The van der Waals surface area contributed by atoms with Crippen molar-refractivity contribution in [2.75, 3.05) is 0 Å². The maximum absolute atomic E-state index is 10.2. The van der Waals surface area contributed by atoms with Gasteiger partial charge in [-0.1, -0.05) is 25.1 Å². The minimum Gasteiger partial charge on any atom is -0.303 e. The SMILES string of the molecule is CCc1ccc(C)c(CCC=O)c1. The van der Waals surface area contributed by atoms with E-state index in [1.165, 1.54) is 16.7 Å². The summed E-state index contributed by atoms with van der Waals surface area (Å²) < 4.78 is 0. The lowest BCUT2D eigenvalue weighted by molar-refractivity contribution is -0.107. The Kier molecular flexibility index (Phi) is 3.69. The highest BCUT2D eigenvalue weighted by molar-refractivity contribution is 5.50. The van der Waals surface area contributed by atoms with Crippen LogP contribution >= 0.6 is 0 Å². The Bertz CT molecular complexity index is 289. The summed E-state index contributed by atoms with van der Waals surface area (Å²) in [7, 11) is 0. The Labute approximate surface area is 79.8 Å². The first kappa shape index (κ1) is 9.97. The quantitative estimate of drug-likeness (QED) is 0.645. The molecule has 0 aromatic heterocycles. The average Bonchev–Trinajstić information content (AvgIpc) is 2.17. The van der Waals surface area contributed by atoms with Gasteiger partial charge in [0.25, 0.3) is 0 Å². The second kappa shape index (κ2) is 4.80. The monoisotopic (exact) mass is 176 g/mol. The number of rotatable bonds is 4. The van der Waals surface area contributed by atoms with Crippen molar-refractivity contribution in [2.45, 2.75) is 33.1 Å². The fourth-order valence-electron chi connectivity index (χ4n) is 1.43. The first-order valence-corrected chi connectivity index (χ1v) is 4.80. The highest BCUT2D eigenvalue weighted by Crippen LogP contribution is 2.13. The zero-order chi connectivity index (χ0) is 9.68. The molecule has 1 rings (SSSR count). The lowest BCUT2D eigenvalue weighted by Gasteiger charge is -2.05. The molecule has 13 heavy (non-hydrogen) atoms. The van der Waals surface area contributed by atoms with Crippen LogP contribution in [0.15, 0.2) is 18.2 Å². The van der Waals surface area contributed by atoms with Gasteiger partial charge in [-0.2, -0.15) is 0 Å². The summed E-state index contributed by atoms with van der Waals surface area (Å²) in [5.74, 6) is 0. The smallest absolute Gasteiger partial charge is 0.120 e. The molecule has 1 nitrogen and oxygen atoms in total. The van der Waals surface area contributed by atoms with Crippen LogP contribution in [0.2, 0.25) is 0 Å². The Morgan fingerprint density at radius 3 is 2.77 bits per heavy atom. The number of carbonyl (C=O) groups is 1. The molecule has 0 aliphatic rings. The highest BCUT2D eigenvalue weighted by Gasteiger charge is 1.98. The van der Waals surface area contributed by atoms with E-state index in [1.54, 1.807) is 0 Å². The second-order valence-corrected chi connectivity index (χ2v) is 3.32. The summed E-state index contributed by atoms with van der Waals surface area (Å²) in [5.41, 5.74) is 3.96. The largest absolute Gasteiger partial charge is 0.303 e. The average molecular weight is 176 g/mol. The maximum Gasteiger partial charge on any atom is 0.120 e. The predicted octanol–water partition coefficient (Wildman–Crippen LogP) is 2.69. The maximum atomic E-state index is 10.2. The Morgan fingerprint density at radius 1 is 1.38 bits per heavy atom. The van der Waals surface area contributed by atoms with Crippen LogP contribution in [0.4, 0.5) is 0 Å². The zero-order valence-corrected chi connectivity index (χ0v) is 8.34. The van der Waals surface area contributed by atoms with Crippen LogP contribution in [0.3, 0.4) is 0 Å². The van der Waals surface area contributed by atoms with E-state index < -0.39 is 0 Å². The number of carbonyl (C=O) groups excluding carboxylic acids is 1. The molecular weight excluding hydrogens is 160 g/mol. The third kappa shape index (κ3) is 2.69. The Morgan fingerprint density at radius 2 is 2.15 bits per heavy atom. The van der Waals surface area contributed by atoms with Crippen LogP contribution in [-0.2, 0) is 17.6 Å². The molecule has 0 radical (unpaired) electrons. The highest BCUT2D eigenvalue weighted by atomic mass is 16.1. The molecule has 0 amide bonds. The van der Waals surface area contributed by atoms with E-state index in [4.69, 9.17) is 0 Å². The molecule has 0 atom stereocenters. The number of benzene rings is 1. The molecule has 0 bridgehead atoms. The molecule has 0 saturated carbocycles. The first-order chi connectivity index (χ1) is 6.27. The third-order valence-electron chi connectivity index (χ3n) is 2.35. The number of aldehydes is 1. The van der Waals surface area contributed by atoms with Crippen molar-refractivity contribution < 1.29 is 4.79 Å². The van der Waals surface area contributed by atoms with Crippen LogP contribution in [0.1, 0.15) is 30.0 Å². The van der Waals surface area contributed by atoms with Crippen molar-refractivity contribution in [3.05, 3.63) is 34.9 Å². The van der Waals surface area contributed by atoms with Gasteiger partial charge in [0.05, 0.1) is 0 Å². The minimum absolute atomic E-state index is 0.633. The van der Waals surface area contributed by atoms with Crippen molar-refractivity contribution in [3.63, 3.8) is 0 Å². The van der Waals surface area contributed by atoms with Crippen molar-refractivity contribution >= 4 is 6.29 Å². The van der Waals surface area contributed by atoms with Gasteiger partial charge in [0.15, 0.2) is 0 Å². The Hall–Kier alpha value is -1.11. The van der Waals surface area contributed by atoms with E-state index >= 15 is 0 Å². The van der Waals surface area contributed by atoms with Gasteiger partial charge in [0.1, 0.15) is 6.29 Å². The summed E-state index contributed by atoms with van der Waals surface area (Å²) in [6.45, 7) is 4.24. The van der Waals surface area contributed by atoms with Gasteiger partial charge in [0, 0.05) is 6.42 Å². The minimum atomic E-state index is 0.633. The van der Waals surface area contributed by atoms with Crippen LogP contribution in [0, 0.1) is 6.92 Å². The molecule has 0 unspecified atom stereocenters. The summed E-state index contributed by atoms with van der Waals surface area (Å²) in [6, 6.07) is 6.50. The summed E-state index contributed by atoms with van der Waals surface area (Å²) in [4.78, 5) is 10.2.